The molecule has 0 aromatic carbocycles. The van der Waals surface area contributed by atoms with Crippen LogP contribution < -0.4 is 10.2 Å². The Labute approximate surface area is 184 Å². The van der Waals surface area contributed by atoms with Crippen molar-refractivity contribution in [2.75, 3.05) is 0 Å². The first-order valence-electron chi connectivity index (χ1n) is 10.0. The standard InChI is InChI=1S/C20H38O4.Ca/c21-19(22)17-15-13-11-9-7-5-3-1-2-4-6-8-10-12-14-16-18-20(23)24;/h1-18H2,(H,21,22)(H,23,24);/q;+2/p-2. The summed E-state index contributed by atoms with van der Waals surface area (Å²) in [5.74, 6) is -1.85. The van der Waals surface area contributed by atoms with Gasteiger partial charge in [0.1, 0.15) is 0 Å². The SMILES string of the molecule is O=C([O-])CCCCCCCCCCCCCCCCCCC(=O)[O-].[Ca+2]. The first-order valence-corrected chi connectivity index (χ1v) is 10.0. The number of aliphatic carboxylic acids is 2. The molecule has 142 valence electrons. The van der Waals surface area contributed by atoms with Crippen molar-refractivity contribution >= 4 is 49.7 Å². The van der Waals surface area contributed by atoms with Gasteiger partial charge in [-0.05, 0) is 25.7 Å². The molecule has 0 spiro atoms. The summed E-state index contributed by atoms with van der Waals surface area (Å²) in [6.07, 6.45) is 19.2. The van der Waals surface area contributed by atoms with Crippen LogP contribution in [0.15, 0.2) is 0 Å². The average Bonchev–Trinajstić information content (AvgIpc) is 2.53. The van der Waals surface area contributed by atoms with E-state index >= 15 is 0 Å². The van der Waals surface area contributed by atoms with Gasteiger partial charge in [-0.1, -0.05) is 89.9 Å². The number of hydrogen-bond acceptors (Lipinski definition) is 4. The molecule has 0 aromatic rings. The summed E-state index contributed by atoms with van der Waals surface area (Å²) >= 11 is 0. The van der Waals surface area contributed by atoms with E-state index in [-0.39, 0.29) is 50.6 Å². The second-order valence-electron chi connectivity index (χ2n) is 6.90. The monoisotopic (exact) mass is 380 g/mol. The topological polar surface area (TPSA) is 80.3 Å². The Morgan fingerprint density at radius 3 is 0.720 bits per heavy atom. The molecule has 0 aliphatic carbocycles. The van der Waals surface area contributed by atoms with Crippen molar-refractivity contribution in [3.05, 3.63) is 0 Å². The number of carbonyl (C=O) groups excluding carboxylic acids is 2. The third-order valence-electron chi connectivity index (χ3n) is 4.51. The normalized spacial score (nSPS) is 10.4. The van der Waals surface area contributed by atoms with Crippen molar-refractivity contribution in [1.82, 2.24) is 0 Å². The third kappa shape index (κ3) is 26.5. The van der Waals surface area contributed by atoms with Gasteiger partial charge < -0.3 is 19.8 Å². The Hall–Kier alpha value is 0.200. The maximum atomic E-state index is 10.2. The van der Waals surface area contributed by atoms with E-state index in [1.807, 2.05) is 0 Å². The third-order valence-corrected chi connectivity index (χ3v) is 4.51. The molecule has 5 heteroatoms. The van der Waals surface area contributed by atoms with Gasteiger partial charge in [-0.2, -0.15) is 0 Å². The minimum atomic E-state index is -0.925. The zero-order chi connectivity index (χ0) is 17.9. The molecule has 25 heavy (non-hydrogen) atoms. The van der Waals surface area contributed by atoms with Crippen LogP contribution in [0.2, 0.25) is 0 Å². The van der Waals surface area contributed by atoms with Crippen LogP contribution in [-0.4, -0.2) is 49.7 Å². The molecule has 0 N–H and O–H groups in total. The van der Waals surface area contributed by atoms with Gasteiger partial charge in [0.05, 0.1) is 0 Å². The van der Waals surface area contributed by atoms with E-state index in [0.717, 1.165) is 38.5 Å². The number of carboxylic acid groups (broad SMARTS) is 2. The second kappa shape index (κ2) is 22.2. The first-order chi connectivity index (χ1) is 11.6. The maximum absolute atomic E-state index is 10.2. The molecule has 4 nitrogen and oxygen atoms in total. The number of hydrogen-bond donors (Lipinski definition) is 0. The smallest absolute Gasteiger partial charge is 0.550 e. The van der Waals surface area contributed by atoms with E-state index in [0.29, 0.717) is 0 Å². The summed E-state index contributed by atoms with van der Waals surface area (Å²) in [5.41, 5.74) is 0. The van der Waals surface area contributed by atoms with Crippen LogP contribution in [0.25, 0.3) is 0 Å². The number of unbranched alkanes of at least 4 members (excludes halogenated alkanes) is 15. The molecule has 0 aromatic heterocycles. The van der Waals surface area contributed by atoms with E-state index < -0.39 is 11.9 Å². The predicted octanol–water partition coefficient (Wildman–Crippen LogP) is 3.13. The summed E-state index contributed by atoms with van der Waals surface area (Å²) in [4.78, 5) is 20.5. The Morgan fingerprint density at radius 1 is 0.400 bits per heavy atom. The summed E-state index contributed by atoms with van der Waals surface area (Å²) < 4.78 is 0. The van der Waals surface area contributed by atoms with Gasteiger partial charge in [-0.25, -0.2) is 0 Å². The van der Waals surface area contributed by atoms with Crippen LogP contribution in [0.5, 0.6) is 0 Å². The molecule has 0 atom stereocenters. The maximum Gasteiger partial charge on any atom is 2.00 e. The largest absolute Gasteiger partial charge is 2.00 e. The molecule has 0 aliphatic heterocycles. The van der Waals surface area contributed by atoms with Crippen LogP contribution in [-0.2, 0) is 9.59 Å². The number of rotatable bonds is 19. The molecule has 0 bridgehead atoms. The van der Waals surface area contributed by atoms with Gasteiger partial charge in [0.2, 0.25) is 0 Å². The molecule has 0 heterocycles. The molecule has 0 saturated carbocycles. The van der Waals surface area contributed by atoms with Crippen LogP contribution in [0.4, 0.5) is 0 Å². The van der Waals surface area contributed by atoms with Gasteiger partial charge in [-0.3, -0.25) is 0 Å². The predicted molar refractivity (Wildman–Crippen MR) is 98.9 cm³/mol. The fourth-order valence-corrected chi connectivity index (χ4v) is 3.01. The van der Waals surface area contributed by atoms with E-state index in [1.165, 1.54) is 64.2 Å². The van der Waals surface area contributed by atoms with Crippen LogP contribution in [0.1, 0.15) is 116 Å². The van der Waals surface area contributed by atoms with Gasteiger partial charge >= 0.3 is 37.7 Å². The van der Waals surface area contributed by atoms with Crippen molar-refractivity contribution in [1.29, 1.82) is 0 Å². The summed E-state index contributed by atoms with van der Waals surface area (Å²) in [6.45, 7) is 0. The first kappa shape index (κ1) is 27.4. The minimum absolute atomic E-state index is 0. The van der Waals surface area contributed by atoms with Gasteiger partial charge in [0, 0.05) is 11.9 Å². The van der Waals surface area contributed by atoms with E-state index in [9.17, 15) is 19.8 Å². The van der Waals surface area contributed by atoms with Crippen molar-refractivity contribution in [2.24, 2.45) is 0 Å². The Kier molecular flexibility index (Phi) is 24.4. The molecule has 0 unspecified atom stereocenters. The fourth-order valence-electron chi connectivity index (χ4n) is 3.01. The molecule has 0 aliphatic rings. The molecule has 0 saturated heterocycles. The second-order valence-corrected chi connectivity index (χ2v) is 6.90. The minimum Gasteiger partial charge on any atom is -0.550 e. The van der Waals surface area contributed by atoms with Crippen molar-refractivity contribution in [2.45, 2.75) is 116 Å². The van der Waals surface area contributed by atoms with Gasteiger partial charge in [0.15, 0.2) is 0 Å². The molecule has 0 rings (SSSR count). The van der Waals surface area contributed by atoms with Crippen LogP contribution >= 0.6 is 0 Å². The zero-order valence-corrected chi connectivity index (χ0v) is 18.3. The van der Waals surface area contributed by atoms with E-state index in [4.69, 9.17) is 0 Å². The fraction of sp³-hybridized carbons (Fsp3) is 0.900. The zero-order valence-electron chi connectivity index (χ0n) is 16.1. The summed E-state index contributed by atoms with van der Waals surface area (Å²) in [7, 11) is 0. The van der Waals surface area contributed by atoms with E-state index in [1.54, 1.807) is 0 Å². The Morgan fingerprint density at radius 2 is 0.560 bits per heavy atom. The molecule has 0 fully saturated rings. The van der Waals surface area contributed by atoms with Crippen LogP contribution in [0, 0.1) is 0 Å². The molecular weight excluding hydrogens is 344 g/mol. The van der Waals surface area contributed by atoms with Gasteiger partial charge in [-0.15, -0.1) is 0 Å². The van der Waals surface area contributed by atoms with Crippen molar-refractivity contribution < 1.29 is 19.8 Å². The molecule has 0 radical (unpaired) electrons. The molecule has 0 amide bonds. The summed E-state index contributed by atoms with van der Waals surface area (Å²) in [5, 5.41) is 20.5. The van der Waals surface area contributed by atoms with E-state index in [2.05, 4.69) is 0 Å². The van der Waals surface area contributed by atoms with Crippen molar-refractivity contribution in [3.8, 4) is 0 Å². The Balaban J connectivity index is 0. The summed E-state index contributed by atoms with van der Waals surface area (Å²) in [6, 6.07) is 0. The average molecular weight is 381 g/mol. The molecular formula is C20H36CaO4. The number of carbonyl (C=O) groups is 2. The quantitative estimate of drug-likeness (QED) is 0.255. The Bertz CT molecular complexity index is 278. The number of carboxylic acids is 2. The van der Waals surface area contributed by atoms with Crippen molar-refractivity contribution in [3.63, 3.8) is 0 Å². The van der Waals surface area contributed by atoms with Gasteiger partial charge in [0.25, 0.3) is 0 Å². The van der Waals surface area contributed by atoms with Crippen LogP contribution in [0.3, 0.4) is 0 Å².